The van der Waals surface area contributed by atoms with Crippen molar-refractivity contribution in [2.75, 3.05) is 26.4 Å². The van der Waals surface area contributed by atoms with Gasteiger partial charge < -0.3 is 18.9 Å². The number of esters is 4. The van der Waals surface area contributed by atoms with Gasteiger partial charge in [0.2, 0.25) is 0 Å². The van der Waals surface area contributed by atoms with Crippen LogP contribution in [0.1, 0.15) is 118 Å². The summed E-state index contributed by atoms with van der Waals surface area (Å²) in [6.45, 7) is 15.9. The molecule has 0 amide bonds. The standard InChI is InChI=1S/C46H54O8/c1-5-9-13-17-25-51-43(47)39-29-37(30-40(33-39)44(48)52-26-18-14-10-6-2)35-21-23-36(24-22-35)38-31-41(45(49)53-27-19-15-11-7-3)34-42(32-38)46(50)54-28-20-16-12-8-4/h5-8,21-24,29-34H,1-4,9-20,25-28H2. The van der Waals surface area contributed by atoms with E-state index in [1.807, 2.05) is 48.6 Å². The van der Waals surface area contributed by atoms with Gasteiger partial charge in [0.25, 0.3) is 0 Å². The second kappa shape index (κ2) is 24.7. The fourth-order valence-electron chi connectivity index (χ4n) is 5.47. The van der Waals surface area contributed by atoms with Crippen molar-refractivity contribution in [1.29, 1.82) is 0 Å². The third kappa shape index (κ3) is 14.9. The normalized spacial score (nSPS) is 10.5. The highest BCUT2D eigenvalue weighted by Gasteiger charge is 2.18. The van der Waals surface area contributed by atoms with Crippen LogP contribution in [0.2, 0.25) is 0 Å². The first-order chi connectivity index (χ1) is 26.3. The molecule has 0 saturated carbocycles. The summed E-state index contributed by atoms with van der Waals surface area (Å²) in [4.78, 5) is 52.5. The number of unbranched alkanes of at least 4 members (excludes halogenated alkanes) is 8. The number of hydrogen-bond donors (Lipinski definition) is 0. The number of carbonyl (C=O) groups excluding carboxylic acids is 4. The summed E-state index contributed by atoms with van der Waals surface area (Å²) in [5, 5.41) is 0. The van der Waals surface area contributed by atoms with Crippen molar-refractivity contribution < 1.29 is 38.1 Å². The summed E-state index contributed by atoms with van der Waals surface area (Å²) in [6, 6.07) is 17.2. The molecule has 0 spiro atoms. The fraction of sp³-hybridized carbons (Fsp3) is 0.348. The highest BCUT2D eigenvalue weighted by atomic mass is 16.5. The van der Waals surface area contributed by atoms with Gasteiger partial charge in [-0.25, -0.2) is 19.2 Å². The summed E-state index contributed by atoms with van der Waals surface area (Å²) in [5.41, 5.74) is 3.66. The highest BCUT2D eigenvalue weighted by molar-refractivity contribution is 5.99. The minimum absolute atomic E-state index is 0.238. The molecule has 0 heterocycles. The Balaban J connectivity index is 1.91. The van der Waals surface area contributed by atoms with E-state index < -0.39 is 23.9 Å². The second-order valence-corrected chi connectivity index (χ2v) is 12.9. The predicted octanol–water partition coefficient (Wildman–Crippen LogP) is 11.1. The van der Waals surface area contributed by atoms with Crippen molar-refractivity contribution in [3.63, 3.8) is 0 Å². The minimum atomic E-state index is -0.531. The maximum absolute atomic E-state index is 13.1. The lowest BCUT2D eigenvalue weighted by atomic mass is 9.95. The zero-order valence-corrected chi connectivity index (χ0v) is 31.5. The van der Waals surface area contributed by atoms with E-state index in [1.54, 1.807) is 24.3 Å². The summed E-state index contributed by atoms with van der Waals surface area (Å²) >= 11 is 0. The Kier molecular flexibility index (Phi) is 19.6. The molecule has 8 nitrogen and oxygen atoms in total. The lowest BCUT2D eigenvalue weighted by Gasteiger charge is -2.12. The van der Waals surface area contributed by atoms with E-state index in [1.165, 1.54) is 12.1 Å². The van der Waals surface area contributed by atoms with Crippen LogP contribution in [0, 0.1) is 0 Å². The molecule has 54 heavy (non-hydrogen) atoms. The van der Waals surface area contributed by atoms with Crippen LogP contribution < -0.4 is 0 Å². The first kappa shape index (κ1) is 42.9. The first-order valence-electron chi connectivity index (χ1n) is 18.8. The Labute approximate surface area is 320 Å². The van der Waals surface area contributed by atoms with Gasteiger partial charge in [0, 0.05) is 0 Å². The average Bonchev–Trinajstić information content (AvgIpc) is 3.19. The van der Waals surface area contributed by atoms with E-state index in [-0.39, 0.29) is 48.7 Å². The lowest BCUT2D eigenvalue weighted by molar-refractivity contribution is 0.0479. The maximum atomic E-state index is 13.1. The molecule has 0 atom stereocenters. The summed E-state index contributed by atoms with van der Waals surface area (Å²) in [5.74, 6) is -2.12. The van der Waals surface area contributed by atoms with Gasteiger partial charge in [-0.05, 0) is 136 Å². The molecule has 0 aliphatic carbocycles. The molecular formula is C46H54O8. The zero-order chi connectivity index (χ0) is 39.0. The third-order valence-electron chi connectivity index (χ3n) is 8.50. The van der Waals surface area contributed by atoms with Gasteiger partial charge in [-0.2, -0.15) is 0 Å². The van der Waals surface area contributed by atoms with E-state index >= 15 is 0 Å². The molecule has 0 aliphatic heterocycles. The van der Waals surface area contributed by atoms with Gasteiger partial charge in [-0.15, -0.1) is 26.3 Å². The Morgan fingerprint density at radius 1 is 0.370 bits per heavy atom. The Morgan fingerprint density at radius 2 is 0.611 bits per heavy atom. The Hall–Kier alpha value is -5.50. The van der Waals surface area contributed by atoms with Gasteiger partial charge in [0.1, 0.15) is 0 Å². The van der Waals surface area contributed by atoms with Crippen LogP contribution in [-0.4, -0.2) is 50.3 Å². The highest BCUT2D eigenvalue weighted by Crippen LogP contribution is 2.29. The van der Waals surface area contributed by atoms with Crippen LogP contribution in [0.3, 0.4) is 0 Å². The number of hydrogen-bond acceptors (Lipinski definition) is 8. The summed E-state index contributed by atoms with van der Waals surface area (Å²) < 4.78 is 22.1. The number of ether oxygens (including phenoxy) is 4. The number of allylic oxidation sites excluding steroid dienone is 4. The van der Waals surface area contributed by atoms with E-state index in [4.69, 9.17) is 18.9 Å². The topological polar surface area (TPSA) is 105 Å². The van der Waals surface area contributed by atoms with Crippen LogP contribution >= 0.6 is 0 Å². The van der Waals surface area contributed by atoms with Gasteiger partial charge in [0.15, 0.2) is 0 Å². The van der Waals surface area contributed by atoms with Crippen LogP contribution in [-0.2, 0) is 18.9 Å². The van der Waals surface area contributed by atoms with Crippen molar-refractivity contribution in [2.24, 2.45) is 0 Å². The van der Waals surface area contributed by atoms with Crippen molar-refractivity contribution in [3.8, 4) is 22.3 Å². The molecule has 3 aromatic rings. The number of rotatable bonds is 26. The van der Waals surface area contributed by atoms with Crippen molar-refractivity contribution in [3.05, 3.63) is 134 Å². The molecule has 286 valence electrons. The number of benzene rings is 3. The molecule has 3 rings (SSSR count). The van der Waals surface area contributed by atoms with E-state index in [0.717, 1.165) is 62.5 Å². The summed E-state index contributed by atoms with van der Waals surface area (Å²) in [6.07, 6.45) is 16.8. The molecular weight excluding hydrogens is 680 g/mol. The molecule has 8 heteroatoms. The Bertz CT molecular complexity index is 1500. The number of carbonyl (C=O) groups is 4. The molecule has 0 aromatic heterocycles. The van der Waals surface area contributed by atoms with Crippen LogP contribution in [0.15, 0.2) is 111 Å². The van der Waals surface area contributed by atoms with Crippen molar-refractivity contribution >= 4 is 23.9 Å². The predicted molar refractivity (Wildman–Crippen MR) is 215 cm³/mol. The molecule has 3 aromatic carbocycles. The van der Waals surface area contributed by atoms with Crippen LogP contribution in [0.25, 0.3) is 22.3 Å². The van der Waals surface area contributed by atoms with Crippen molar-refractivity contribution in [1.82, 2.24) is 0 Å². The van der Waals surface area contributed by atoms with Crippen LogP contribution in [0.4, 0.5) is 0 Å². The van der Waals surface area contributed by atoms with Gasteiger partial charge in [-0.1, -0.05) is 48.6 Å². The zero-order valence-electron chi connectivity index (χ0n) is 31.5. The van der Waals surface area contributed by atoms with E-state index in [2.05, 4.69) is 26.3 Å². The lowest BCUT2D eigenvalue weighted by Crippen LogP contribution is -2.11. The summed E-state index contributed by atoms with van der Waals surface area (Å²) in [7, 11) is 0. The molecule has 0 aliphatic rings. The molecule has 0 radical (unpaired) electrons. The second-order valence-electron chi connectivity index (χ2n) is 12.9. The maximum Gasteiger partial charge on any atom is 0.338 e. The quantitative estimate of drug-likeness (QED) is 0.0347. The molecule has 0 unspecified atom stereocenters. The minimum Gasteiger partial charge on any atom is -0.462 e. The van der Waals surface area contributed by atoms with E-state index in [0.29, 0.717) is 36.8 Å². The molecule has 0 saturated heterocycles. The monoisotopic (exact) mass is 734 g/mol. The SMILES string of the molecule is C=CCCCCOC(=O)c1cc(C(=O)OCCCCC=C)cc(-c2ccc(-c3cc(C(=O)OCCCCC=C)cc(C(=O)OCCCCC=C)c3)cc2)c1. The smallest absolute Gasteiger partial charge is 0.338 e. The first-order valence-corrected chi connectivity index (χ1v) is 18.8. The van der Waals surface area contributed by atoms with Gasteiger partial charge in [0.05, 0.1) is 48.7 Å². The average molecular weight is 735 g/mol. The molecule has 0 bridgehead atoms. The molecule has 0 N–H and O–H groups in total. The van der Waals surface area contributed by atoms with Crippen LogP contribution in [0.5, 0.6) is 0 Å². The molecule has 0 fully saturated rings. The van der Waals surface area contributed by atoms with Crippen molar-refractivity contribution in [2.45, 2.75) is 77.0 Å². The van der Waals surface area contributed by atoms with Gasteiger partial charge in [-0.3, -0.25) is 0 Å². The van der Waals surface area contributed by atoms with E-state index in [9.17, 15) is 19.2 Å². The largest absolute Gasteiger partial charge is 0.462 e. The van der Waals surface area contributed by atoms with Gasteiger partial charge >= 0.3 is 23.9 Å². The Morgan fingerprint density at radius 3 is 0.833 bits per heavy atom. The third-order valence-corrected chi connectivity index (χ3v) is 8.50. The fourth-order valence-corrected chi connectivity index (χ4v) is 5.47.